The Morgan fingerprint density at radius 1 is 1.08 bits per heavy atom. The number of guanidine groups is 1. The molecule has 0 radical (unpaired) electrons. The molecular weight excluding hydrogens is 302 g/mol. The van der Waals surface area contributed by atoms with E-state index < -0.39 is 0 Å². The first-order chi connectivity index (χ1) is 11.6. The highest BCUT2D eigenvalue weighted by molar-refractivity contribution is 5.92. The number of aliphatic imine (C=N–C) groups is 1. The Balaban J connectivity index is 1.83. The van der Waals surface area contributed by atoms with Crippen molar-refractivity contribution < 1.29 is 9.47 Å². The molecular formula is C19H25N3O2. The summed E-state index contributed by atoms with van der Waals surface area (Å²) in [6, 6.07) is 15.6. The van der Waals surface area contributed by atoms with E-state index in [1.807, 2.05) is 43.3 Å². The van der Waals surface area contributed by atoms with E-state index in [9.17, 15) is 0 Å². The molecule has 1 unspecified atom stereocenters. The average molecular weight is 327 g/mol. The molecule has 128 valence electrons. The van der Waals surface area contributed by atoms with Crippen molar-refractivity contribution in [3.63, 3.8) is 0 Å². The number of rotatable bonds is 7. The number of benzene rings is 2. The van der Waals surface area contributed by atoms with Gasteiger partial charge >= 0.3 is 0 Å². The largest absolute Gasteiger partial charge is 0.497 e. The number of nitrogens with two attached hydrogens (primary N) is 1. The van der Waals surface area contributed by atoms with Crippen LogP contribution in [0.5, 0.6) is 11.5 Å². The van der Waals surface area contributed by atoms with Gasteiger partial charge in [-0.1, -0.05) is 19.1 Å². The van der Waals surface area contributed by atoms with Gasteiger partial charge in [-0.2, -0.15) is 0 Å². The third-order valence-corrected chi connectivity index (χ3v) is 3.55. The fourth-order valence-corrected chi connectivity index (χ4v) is 2.16. The van der Waals surface area contributed by atoms with E-state index >= 15 is 0 Å². The summed E-state index contributed by atoms with van der Waals surface area (Å²) < 4.78 is 10.9. The van der Waals surface area contributed by atoms with Gasteiger partial charge in [0.05, 0.1) is 13.7 Å². The van der Waals surface area contributed by atoms with Crippen LogP contribution in [0.15, 0.2) is 53.5 Å². The highest BCUT2D eigenvalue weighted by Crippen LogP contribution is 2.18. The molecule has 0 aliphatic carbocycles. The predicted molar refractivity (Wildman–Crippen MR) is 99.0 cm³/mol. The van der Waals surface area contributed by atoms with Gasteiger partial charge in [0.15, 0.2) is 5.96 Å². The van der Waals surface area contributed by atoms with Crippen molar-refractivity contribution in [3.8, 4) is 11.5 Å². The standard InChI is InChI=1S/C19H25N3O2/c1-4-15-5-7-16(8-6-15)22-19(20)21-13-14(2)24-18-11-9-17(23-3)10-12-18/h5-12,14H,4,13H2,1-3H3,(H3,20,21,22). The van der Waals surface area contributed by atoms with Crippen molar-refractivity contribution in [3.05, 3.63) is 54.1 Å². The van der Waals surface area contributed by atoms with Gasteiger partial charge in [0.25, 0.3) is 0 Å². The first-order valence-corrected chi connectivity index (χ1v) is 8.07. The summed E-state index contributed by atoms with van der Waals surface area (Å²) in [7, 11) is 1.64. The third kappa shape index (κ3) is 5.50. The molecule has 2 aromatic rings. The van der Waals surface area contributed by atoms with E-state index in [0.29, 0.717) is 12.5 Å². The molecule has 3 N–H and O–H groups in total. The zero-order valence-electron chi connectivity index (χ0n) is 14.5. The lowest BCUT2D eigenvalue weighted by molar-refractivity contribution is 0.230. The zero-order valence-corrected chi connectivity index (χ0v) is 14.5. The Morgan fingerprint density at radius 2 is 1.71 bits per heavy atom. The smallest absolute Gasteiger partial charge is 0.193 e. The predicted octanol–water partition coefficient (Wildman–Crippen LogP) is 3.45. The molecule has 0 heterocycles. The molecule has 0 aliphatic heterocycles. The Morgan fingerprint density at radius 3 is 2.29 bits per heavy atom. The molecule has 0 fully saturated rings. The van der Waals surface area contributed by atoms with Gasteiger partial charge in [0.1, 0.15) is 17.6 Å². The van der Waals surface area contributed by atoms with Crippen LogP contribution >= 0.6 is 0 Å². The molecule has 0 amide bonds. The third-order valence-electron chi connectivity index (χ3n) is 3.55. The first-order valence-electron chi connectivity index (χ1n) is 8.07. The maximum absolute atomic E-state index is 5.92. The van der Waals surface area contributed by atoms with Crippen LogP contribution in [0, 0.1) is 0 Å². The maximum atomic E-state index is 5.92. The first kappa shape index (κ1) is 17.7. The molecule has 0 aliphatic rings. The second-order valence-corrected chi connectivity index (χ2v) is 5.51. The lowest BCUT2D eigenvalue weighted by atomic mass is 10.1. The minimum Gasteiger partial charge on any atom is -0.497 e. The number of hydrogen-bond donors (Lipinski definition) is 2. The van der Waals surface area contributed by atoms with Crippen molar-refractivity contribution in [2.75, 3.05) is 19.0 Å². The number of ether oxygens (including phenoxy) is 2. The lowest BCUT2D eigenvalue weighted by Crippen LogP contribution is -2.25. The Kier molecular flexibility index (Phi) is 6.49. The van der Waals surface area contributed by atoms with Crippen LogP contribution in [-0.4, -0.2) is 25.7 Å². The summed E-state index contributed by atoms with van der Waals surface area (Å²) in [6.45, 7) is 4.55. The topological polar surface area (TPSA) is 68.9 Å². The van der Waals surface area contributed by atoms with Gasteiger partial charge in [-0.15, -0.1) is 0 Å². The maximum Gasteiger partial charge on any atom is 0.193 e. The van der Waals surface area contributed by atoms with Gasteiger partial charge < -0.3 is 20.5 Å². The fraction of sp³-hybridized carbons (Fsp3) is 0.316. The molecule has 5 nitrogen and oxygen atoms in total. The van der Waals surface area contributed by atoms with Crippen molar-refractivity contribution in [2.45, 2.75) is 26.4 Å². The van der Waals surface area contributed by atoms with Gasteiger partial charge in [0.2, 0.25) is 0 Å². The SMILES string of the molecule is CCc1ccc(NC(N)=NCC(C)Oc2ccc(OC)cc2)cc1. The summed E-state index contributed by atoms with van der Waals surface area (Å²) in [4.78, 5) is 4.33. The van der Waals surface area contributed by atoms with Crippen LogP contribution in [0.2, 0.25) is 0 Å². The average Bonchev–Trinajstić information content (AvgIpc) is 2.61. The molecule has 0 bridgehead atoms. The molecule has 0 saturated carbocycles. The Bertz CT molecular complexity index is 651. The summed E-state index contributed by atoms with van der Waals surface area (Å²) in [5, 5.41) is 3.08. The number of hydrogen-bond acceptors (Lipinski definition) is 3. The van der Waals surface area contributed by atoms with E-state index in [1.54, 1.807) is 7.11 Å². The Labute approximate surface area is 143 Å². The second kappa shape index (κ2) is 8.82. The minimum absolute atomic E-state index is 0.0822. The van der Waals surface area contributed by atoms with Crippen LogP contribution in [0.25, 0.3) is 0 Å². The zero-order chi connectivity index (χ0) is 17.4. The molecule has 0 spiro atoms. The summed E-state index contributed by atoms with van der Waals surface area (Å²) in [5.41, 5.74) is 8.14. The second-order valence-electron chi connectivity index (χ2n) is 5.51. The Hall–Kier alpha value is -2.69. The molecule has 0 aromatic heterocycles. The van der Waals surface area contributed by atoms with E-state index in [1.165, 1.54) is 5.56 Å². The van der Waals surface area contributed by atoms with Gasteiger partial charge in [-0.05, 0) is 55.3 Å². The molecule has 5 heteroatoms. The van der Waals surface area contributed by atoms with E-state index in [2.05, 4.69) is 29.4 Å². The normalized spacial score (nSPS) is 12.5. The van der Waals surface area contributed by atoms with Crippen LogP contribution < -0.4 is 20.5 Å². The monoisotopic (exact) mass is 327 g/mol. The number of methoxy groups -OCH3 is 1. The highest BCUT2D eigenvalue weighted by Gasteiger charge is 2.04. The summed E-state index contributed by atoms with van der Waals surface area (Å²) in [5.74, 6) is 1.96. The lowest BCUT2D eigenvalue weighted by Gasteiger charge is -2.13. The van der Waals surface area contributed by atoms with E-state index in [-0.39, 0.29) is 6.10 Å². The molecule has 2 aromatic carbocycles. The molecule has 1 atom stereocenters. The van der Waals surface area contributed by atoms with Crippen LogP contribution in [0.3, 0.4) is 0 Å². The minimum atomic E-state index is -0.0822. The van der Waals surface area contributed by atoms with Gasteiger partial charge in [-0.25, -0.2) is 4.99 Å². The molecule has 24 heavy (non-hydrogen) atoms. The van der Waals surface area contributed by atoms with Gasteiger partial charge in [0, 0.05) is 5.69 Å². The van der Waals surface area contributed by atoms with Crippen LogP contribution in [-0.2, 0) is 6.42 Å². The van der Waals surface area contributed by atoms with E-state index in [0.717, 1.165) is 23.6 Å². The van der Waals surface area contributed by atoms with Crippen molar-refractivity contribution in [1.82, 2.24) is 0 Å². The number of nitrogens with one attached hydrogen (secondary N) is 1. The van der Waals surface area contributed by atoms with Gasteiger partial charge in [-0.3, -0.25) is 0 Å². The highest BCUT2D eigenvalue weighted by atomic mass is 16.5. The number of anilines is 1. The fourth-order valence-electron chi connectivity index (χ4n) is 2.16. The van der Waals surface area contributed by atoms with Crippen molar-refractivity contribution >= 4 is 11.6 Å². The van der Waals surface area contributed by atoms with Crippen LogP contribution in [0.1, 0.15) is 19.4 Å². The quantitative estimate of drug-likeness (QED) is 0.604. The van der Waals surface area contributed by atoms with E-state index in [4.69, 9.17) is 15.2 Å². The number of nitrogens with zero attached hydrogens (tertiary/aromatic N) is 1. The van der Waals surface area contributed by atoms with Crippen molar-refractivity contribution in [1.29, 1.82) is 0 Å². The summed E-state index contributed by atoms with van der Waals surface area (Å²) in [6.07, 6.45) is 0.936. The molecule has 2 rings (SSSR count). The molecule has 0 saturated heterocycles. The number of aryl methyl sites for hydroxylation is 1. The van der Waals surface area contributed by atoms with Crippen LogP contribution in [0.4, 0.5) is 5.69 Å². The summed E-state index contributed by atoms with van der Waals surface area (Å²) >= 11 is 0. The van der Waals surface area contributed by atoms with Crippen molar-refractivity contribution in [2.24, 2.45) is 10.7 Å².